The number of hydrogen-bond acceptors (Lipinski definition) is 4. The van der Waals surface area contributed by atoms with Crippen molar-refractivity contribution in [3.63, 3.8) is 0 Å². The molecule has 1 aromatic carbocycles. The molecule has 2 aromatic rings. The molecule has 0 spiro atoms. The molecule has 0 aliphatic heterocycles. The highest BCUT2D eigenvalue weighted by molar-refractivity contribution is 9.10. The van der Waals surface area contributed by atoms with Crippen LogP contribution in [0.1, 0.15) is 10.4 Å². The van der Waals surface area contributed by atoms with Crippen LogP contribution in [0, 0.1) is 0 Å². The van der Waals surface area contributed by atoms with E-state index in [2.05, 4.69) is 20.9 Å². The maximum Gasteiger partial charge on any atom is 0.341 e. The zero-order valence-electron chi connectivity index (χ0n) is 9.43. The number of carbonyl (C=O) groups is 1. The van der Waals surface area contributed by atoms with E-state index in [9.17, 15) is 4.79 Å². The third kappa shape index (κ3) is 3.15. The quantitative estimate of drug-likeness (QED) is 0.890. The molecule has 0 saturated carbocycles. The molecule has 2 rings (SSSR count). The van der Waals surface area contributed by atoms with Gasteiger partial charge in [-0.05, 0) is 24.3 Å². The largest absolute Gasteiger partial charge is 0.477 e. The first kappa shape index (κ1) is 13.6. The molecule has 0 atom stereocenters. The Morgan fingerprint density at radius 1 is 1.42 bits per heavy atom. The molecule has 3 N–H and O–H groups in total. The fourth-order valence-electron chi connectivity index (χ4n) is 1.36. The lowest BCUT2D eigenvalue weighted by atomic mass is 10.2. The van der Waals surface area contributed by atoms with Crippen molar-refractivity contribution in [2.45, 2.75) is 0 Å². The van der Waals surface area contributed by atoms with E-state index in [1.807, 2.05) is 0 Å². The molecule has 0 amide bonds. The van der Waals surface area contributed by atoms with Crippen LogP contribution in [0.4, 0.5) is 5.69 Å². The first-order chi connectivity index (χ1) is 8.97. The first-order valence-corrected chi connectivity index (χ1v) is 6.26. The summed E-state index contributed by atoms with van der Waals surface area (Å²) in [6, 6.07) is 6.25. The van der Waals surface area contributed by atoms with Crippen LogP contribution in [0.25, 0.3) is 0 Å². The lowest BCUT2D eigenvalue weighted by Crippen LogP contribution is -2.03. The molecule has 0 fully saturated rings. The molecule has 1 aromatic heterocycles. The predicted molar refractivity (Wildman–Crippen MR) is 74.8 cm³/mol. The lowest BCUT2D eigenvalue weighted by molar-refractivity contribution is 0.0693. The summed E-state index contributed by atoms with van der Waals surface area (Å²) in [6.45, 7) is 0. The Bertz CT molecular complexity index is 649. The Labute approximate surface area is 122 Å². The summed E-state index contributed by atoms with van der Waals surface area (Å²) in [7, 11) is 0. The monoisotopic (exact) mass is 342 g/mol. The van der Waals surface area contributed by atoms with E-state index in [-0.39, 0.29) is 17.1 Å². The zero-order valence-corrected chi connectivity index (χ0v) is 11.8. The van der Waals surface area contributed by atoms with Crippen molar-refractivity contribution >= 4 is 39.2 Å². The molecule has 1 heterocycles. The van der Waals surface area contributed by atoms with Gasteiger partial charge in [-0.3, -0.25) is 0 Å². The minimum absolute atomic E-state index is 0.0679. The number of ether oxygens (including phenoxy) is 1. The first-order valence-electron chi connectivity index (χ1n) is 5.09. The van der Waals surface area contributed by atoms with Gasteiger partial charge in [0.25, 0.3) is 0 Å². The molecule has 0 saturated heterocycles. The summed E-state index contributed by atoms with van der Waals surface area (Å²) < 4.78 is 6.18. The molecule has 5 nitrogen and oxygen atoms in total. The number of nitrogen functional groups attached to an aromatic ring is 1. The number of aromatic carboxylic acids is 1. The normalized spacial score (nSPS) is 10.2. The smallest absolute Gasteiger partial charge is 0.341 e. The summed E-state index contributed by atoms with van der Waals surface area (Å²) in [5, 5.41) is 9.42. The molecule has 0 radical (unpaired) electrons. The molecule has 0 unspecified atom stereocenters. The summed E-state index contributed by atoms with van der Waals surface area (Å²) in [6.07, 6.45) is 1.31. The maximum atomic E-state index is 11.1. The number of benzene rings is 1. The number of nitrogens with two attached hydrogens (primary N) is 1. The Morgan fingerprint density at radius 3 is 2.84 bits per heavy atom. The number of carboxylic acids is 1. The fourth-order valence-corrected chi connectivity index (χ4v) is 1.86. The molecule has 0 aliphatic carbocycles. The molecule has 0 aliphatic rings. The van der Waals surface area contributed by atoms with Gasteiger partial charge < -0.3 is 15.6 Å². The number of aromatic nitrogens is 1. The Morgan fingerprint density at radius 2 is 2.16 bits per heavy atom. The number of hydrogen-bond donors (Lipinski definition) is 2. The topological polar surface area (TPSA) is 85.4 Å². The SMILES string of the molecule is Nc1cnc(Oc2cc(Br)ccc2Cl)c(C(=O)O)c1. The summed E-state index contributed by atoms with van der Waals surface area (Å²) in [5.74, 6) is -0.946. The highest BCUT2D eigenvalue weighted by atomic mass is 79.9. The molecule has 7 heteroatoms. The Kier molecular flexibility index (Phi) is 3.92. The van der Waals surface area contributed by atoms with E-state index in [4.69, 9.17) is 27.2 Å². The van der Waals surface area contributed by atoms with Crippen molar-refractivity contribution in [1.29, 1.82) is 0 Å². The van der Waals surface area contributed by atoms with Gasteiger partial charge in [0, 0.05) is 4.47 Å². The van der Waals surface area contributed by atoms with Crippen LogP contribution in [0.5, 0.6) is 11.6 Å². The van der Waals surface area contributed by atoms with E-state index in [0.717, 1.165) is 4.47 Å². The number of halogens is 2. The van der Waals surface area contributed by atoms with Gasteiger partial charge in [0.05, 0.1) is 16.9 Å². The number of rotatable bonds is 3. The van der Waals surface area contributed by atoms with Crippen molar-refractivity contribution in [2.24, 2.45) is 0 Å². The van der Waals surface area contributed by atoms with Crippen LogP contribution in [0.15, 0.2) is 34.9 Å². The minimum Gasteiger partial charge on any atom is -0.477 e. The summed E-state index contributed by atoms with van der Waals surface area (Å²) >= 11 is 9.24. The Hall–Kier alpha value is -1.79. The second-order valence-electron chi connectivity index (χ2n) is 3.60. The zero-order chi connectivity index (χ0) is 14.0. The highest BCUT2D eigenvalue weighted by Crippen LogP contribution is 2.32. The van der Waals surface area contributed by atoms with Gasteiger partial charge in [0.2, 0.25) is 5.88 Å². The summed E-state index contributed by atoms with van der Waals surface area (Å²) in [5.41, 5.74) is 5.61. The van der Waals surface area contributed by atoms with Crippen LogP contribution < -0.4 is 10.5 Å². The van der Waals surface area contributed by atoms with E-state index in [0.29, 0.717) is 10.8 Å². The fraction of sp³-hybridized carbons (Fsp3) is 0. The van der Waals surface area contributed by atoms with Crippen molar-refractivity contribution in [2.75, 3.05) is 5.73 Å². The summed E-state index contributed by atoms with van der Waals surface area (Å²) in [4.78, 5) is 15.0. The van der Waals surface area contributed by atoms with Gasteiger partial charge >= 0.3 is 5.97 Å². The highest BCUT2D eigenvalue weighted by Gasteiger charge is 2.15. The average molecular weight is 344 g/mol. The molecule has 19 heavy (non-hydrogen) atoms. The molecule has 98 valence electrons. The average Bonchev–Trinajstić information content (AvgIpc) is 2.35. The number of pyridine rings is 1. The second kappa shape index (κ2) is 5.46. The van der Waals surface area contributed by atoms with Gasteiger partial charge in [0.15, 0.2) is 0 Å². The van der Waals surface area contributed by atoms with Gasteiger partial charge in [-0.25, -0.2) is 9.78 Å². The van der Waals surface area contributed by atoms with Crippen LogP contribution in [0.3, 0.4) is 0 Å². The second-order valence-corrected chi connectivity index (χ2v) is 4.93. The Balaban J connectivity index is 2.43. The number of carboxylic acid groups (broad SMARTS) is 1. The van der Waals surface area contributed by atoms with Crippen molar-refractivity contribution in [1.82, 2.24) is 4.98 Å². The third-order valence-corrected chi connectivity index (χ3v) is 3.01. The van der Waals surface area contributed by atoms with Crippen LogP contribution >= 0.6 is 27.5 Å². The van der Waals surface area contributed by atoms with E-state index in [1.54, 1.807) is 18.2 Å². The lowest BCUT2D eigenvalue weighted by Gasteiger charge is -2.09. The van der Waals surface area contributed by atoms with Gasteiger partial charge in [-0.15, -0.1) is 0 Å². The van der Waals surface area contributed by atoms with Gasteiger partial charge in [-0.2, -0.15) is 0 Å². The minimum atomic E-state index is -1.18. The van der Waals surface area contributed by atoms with Gasteiger partial charge in [-0.1, -0.05) is 27.5 Å². The van der Waals surface area contributed by atoms with Crippen LogP contribution in [-0.2, 0) is 0 Å². The third-order valence-electron chi connectivity index (χ3n) is 2.20. The van der Waals surface area contributed by atoms with Crippen molar-refractivity contribution in [3.05, 3.63) is 45.5 Å². The number of anilines is 1. The van der Waals surface area contributed by atoms with Gasteiger partial charge in [0.1, 0.15) is 11.3 Å². The van der Waals surface area contributed by atoms with E-state index < -0.39 is 5.97 Å². The molecular formula is C12H8BrClN2O3. The predicted octanol–water partition coefficient (Wildman–Crippen LogP) is 3.57. The molecule has 0 bridgehead atoms. The van der Waals surface area contributed by atoms with Crippen LogP contribution in [0.2, 0.25) is 5.02 Å². The van der Waals surface area contributed by atoms with Crippen molar-refractivity contribution < 1.29 is 14.6 Å². The van der Waals surface area contributed by atoms with E-state index >= 15 is 0 Å². The van der Waals surface area contributed by atoms with E-state index in [1.165, 1.54) is 12.3 Å². The maximum absolute atomic E-state index is 11.1. The molecular weight excluding hydrogens is 336 g/mol. The standard InChI is InChI=1S/C12H8BrClN2O3/c13-6-1-2-9(14)10(3-6)19-11-8(12(17)18)4-7(15)5-16-11/h1-5H,15H2,(H,17,18). The van der Waals surface area contributed by atoms with Crippen LogP contribution in [-0.4, -0.2) is 16.1 Å². The number of nitrogens with zero attached hydrogens (tertiary/aromatic N) is 1. The van der Waals surface area contributed by atoms with Crippen molar-refractivity contribution in [3.8, 4) is 11.6 Å².